The van der Waals surface area contributed by atoms with Gasteiger partial charge in [-0.25, -0.2) is 13.8 Å². The second kappa shape index (κ2) is 4.51. The molecule has 0 amide bonds. The highest BCUT2D eigenvalue weighted by Gasteiger charge is 2.15. The van der Waals surface area contributed by atoms with Crippen molar-refractivity contribution in [2.45, 2.75) is 32.6 Å². The smallest absolute Gasteiger partial charge is 0.272 e. The first kappa shape index (κ1) is 11.8. The van der Waals surface area contributed by atoms with Crippen LogP contribution in [-0.2, 0) is 5.41 Å². The predicted molar refractivity (Wildman–Crippen MR) is 52.2 cm³/mol. The SMILES string of the molecule is CC(C)(C)c1cnc(OCC(F)F)cn1. The van der Waals surface area contributed by atoms with Gasteiger partial charge in [0, 0.05) is 5.41 Å². The van der Waals surface area contributed by atoms with Crippen molar-refractivity contribution in [3.05, 3.63) is 18.1 Å². The van der Waals surface area contributed by atoms with Gasteiger partial charge in [0.15, 0.2) is 6.61 Å². The maximum absolute atomic E-state index is 11.8. The van der Waals surface area contributed by atoms with E-state index in [0.29, 0.717) is 0 Å². The highest BCUT2D eigenvalue weighted by molar-refractivity contribution is 5.13. The monoisotopic (exact) mass is 216 g/mol. The third-order valence-electron chi connectivity index (χ3n) is 1.75. The van der Waals surface area contributed by atoms with Crippen molar-refractivity contribution in [1.82, 2.24) is 9.97 Å². The van der Waals surface area contributed by atoms with Gasteiger partial charge in [-0.15, -0.1) is 0 Å². The molecular formula is C10H14F2N2O. The molecule has 1 heterocycles. The summed E-state index contributed by atoms with van der Waals surface area (Å²) in [6.45, 7) is 5.34. The molecule has 0 aliphatic carbocycles. The number of alkyl halides is 2. The molecule has 15 heavy (non-hydrogen) atoms. The molecule has 0 unspecified atom stereocenters. The molecule has 3 nitrogen and oxygen atoms in total. The fourth-order valence-electron chi connectivity index (χ4n) is 0.926. The molecule has 0 spiro atoms. The van der Waals surface area contributed by atoms with Crippen LogP contribution in [0.2, 0.25) is 0 Å². The Bertz CT molecular complexity index is 306. The summed E-state index contributed by atoms with van der Waals surface area (Å²) in [4.78, 5) is 7.99. The number of aromatic nitrogens is 2. The number of ether oxygens (including phenoxy) is 1. The number of hydrogen-bond donors (Lipinski definition) is 0. The molecule has 0 atom stereocenters. The maximum atomic E-state index is 11.8. The fraction of sp³-hybridized carbons (Fsp3) is 0.600. The second-order valence-electron chi connectivity index (χ2n) is 4.19. The van der Waals surface area contributed by atoms with E-state index >= 15 is 0 Å². The summed E-state index contributed by atoms with van der Waals surface area (Å²) in [5.41, 5.74) is 0.695. The molecule has 0 fully saturated rings. The molecule has 0 aliphatic heterocycles. The van der Waals surface area contributed by atoms with Crippen molar-refractivity contribution < 1.29 is 13.5 Å². The molecular weight excluding hydrogens is 202 g/mol. The molecule has 0 radical (unpaired) electrons. The van der Waals surface area contributed by atoms with Crippen LogP contribution < -0.4 is 4.74 Å². The van der Waals surface area contributed by atoms with Gasteiger partial charge in [-0.2, -0.15) is 0 Å². The first-order chi connectivity index (χ1) is 6.89. The second-order valence-corrected chi connectivity index (χ2v) is 4.19. The van der Waals surface area contributed by atoms with E-state index in [1.54, 1.807) is 6.20 Å². The minimum atomic E-state index is -2.49. The van der Waals surface area contributed by atoms with Gasteiger partial charge in [-0.05, 0) is 0 Å². The van der Waals surface area contributed by atoms with Crippen molar-refractivity contribution in [3.63, 3.8) is 0 Å². The van der Waals surface area contributed by atoms with Crippen LogP contribution in [0.5, 0.6) is 5.88 Å². The zero-order valence-corrected chi connectivity index (χ0v) is 9.00. The Labute approximate surface area is 87.5 Å². The largest absolute Gasteiger partial charge is 0.470 e. The van der Waals surface area contributed by atoms with Crippen LogP contribution in [0.4, 0.5) is 8.78 Å². The van der Waals surface area contributed by atoms with E-state index in [0.717, 1.165) is 5.69 Å². The lowest BCUT2D eigenvalue weighted by molar-refractivity contribution is 0.0793. The van der Waals surface area contributed by atoms with Gasteiger partial charge >= 0.3 is 0 Å². The van der Waals surface area contributed by atoms with Crippen molar-refractivity contribution in [3.8, 4) is 5.88 Å². The van der Waals surface area contributed by atoms with Crippen molar-refractivity contribution in [2.24, 2.45) is 0 Å². The molecule has 0 saturated carbocycles. The van der Waals surface area contributed by atoms with Gasteiger partial charge in [0.2, 0.25) is 5.88 Å². The minimum Gasteiger partial charge on any atom is -0.470 e. The van der Waals surface area contributed by atoms with Gasteiger partial charge in [0.05, 0.1) is 18.1 Å². The third kappa shape index (κ3) is 3.77. The molecule has 1 rings (SSSR count). The van der Waals surface area contributed by atoms with Crippen LogP contribution >= 0.6 is 0 Å². The molecule has 1 aromatic heterocycles. The molecule has 0 aliphatic rings. The van der Waals surface area contributed by atoms with E-state index in [9.17, 15) is 8.78 Å². The third-order valence-corrected chi connectivity index (χ3v) is 1.75. The van der Waals surface area contributed by atoms with Crippen LogP contribution in [0, 0.1) is 0 Å². The summed E-state index contributed by atoms with van der Waals surface area (Å²) in [7, 11) is 0. The van der Waals surface area contributed by atoms with E-state index in [2.05, 4.69) is 9.97 Å². The van der Waals surface area contributed by atoms with Gasteiger partial charge in [0.25, 0.3) is 6.43 Å². The van der Waals surface area contributed by atoms with E-state index < -0.39 is 13.0 Å². The Balaban J connectivity index is 2.65. The van der Waals surface area contributed by atoms with Crippen molar-refractivity contribution in [2.75, 3.05) is 6.61 Å². The molecule has 0 saturated heterocycles. The summed E-state index contributed by atoms with van der Waals surface area (Å²) >= 11 is 0. The van der Waals surface area contributed by atoms with E-state index in [4.69, 9.17) is 4.74 Å². The number of halogens is 2. The average molecular weight is 216 g/mol. The molecule has 5 heteroatoms. The standard InChI is InChI=1S/C10H14F2N2O/c1-10(2,3)7-4-14-9(5-13-7)15-6-8(11)12/h4-5,8H,6H2,1-3H3. The van der Waals surface area contributed by atoms with Crippen LogP contribution in [-0.4, -0.2) is 23.0 Å². The van der Waals surface area contributed by atoms with Crippen LogP contribution in [0.3, 0.4) is 0 Å². The number of rotatable bonds is 3. The lowest BCUT2D eigenvalue weighted by Gasteiger charge is -2.16. The summed E-state index contributed by atoms with van der Waals surface area (Å²) in [6.07, 6.45) is 0.415. The lowest BCUT2D eigenvalue weighted by atomic mass is 9.93. The Morgan fingerprint density at radius 1 is 1.27 bits per heavy atom. The zero-order chi connectivity index (χ0) is 11.5. The summed E-state index contributed by atoms with van der Waals surface area (Å²) in [6, 6.07) is 0. The number of nitrogens with zero attached hydrogens (tertiary/aromatic N) is 2. The van der Waals surface area contributed by atoms with Gasteiger partial charge in [-0.3, -0.25) is 4.98 Å². The van der Waals surface area contributed by atoms with Crippen LogP contribution in [0.1, 0.15) is 26.5 Å². The fourth-order valence-corrected chi connectivity index (χ4v) is 0.926. The lowest BCUT2D eigenvalue weighted by Crippen LogP contribution is -2.14. The Hall–Kier alpha value is -1.26. The Kier molecular flexibility index (Phi) is 3.55. The minimum absolute atomic E-state index is 0.103. The molecule has 0 N–H and O–H groups in total. The topological polar surface area (TPSA) is 35.0 Å². The Morgan fingerprint density at radius 3 is 2.33 bits per heavy atom. The number of hydrogen-bond acceptors (Lipinski definition) is 3. The van der Waals surface area contributed by atoms with Crippen LogP contribution in [0.15, 0.2) is 12.4 Å². The Morgan fingerprint density at radius 2 is 1.93 bits per heavy atom. The molecule has 1 aromatic rings. The first-order valence-corrected chi connectivity index (χ1v) is 4.63. The predicted octanol–water partition coefficient (Wildman–Crippen LogP) is 2.42. The quantitative estimate of drug-likeness (QED) is 0.778. The van der Waals surface area contributed by atoms with Crippen molar-refractivity contribution in [1.29, 1.82) is 0 Å². The van der Waals surface area contributed by atoms with E-state index in [1.807, 2.05) is 20.8 Å². The zero-order valence-electron chi connectivity index (χ0n) is 9.00. The van der Waals surface area contributed by atoms with Gasteiger partial charge in [-0.1, -0.05) is 20.8 Å². The van der Waals surface area contributed by atoms with E-state index in [-0.39, 0.29) is 11.3 Å². The van der Waals surface area contributed by atoms with Crippen LogP contribution in [0.25, 0.3) is 0 Å². The molecule has 0 bridgehead atoms. The summed E-state index contributed by atoms with van der Waals surface area (Å²) in [5, 5.41) is 0. The average Bonchev–Trinajstić information content (AvgIpc) is 2.14. The summed E-state index contributed by atoms with van der Waals surface area (Å²) in [5.74, 6) is 0.128. The van der Waals surface area contributed by atoms with Crippen molar-refractivity contribution >= 4 is 0 Å². The highest BCUT2D eigenvalue weighted by Crippen LogP contribution is 2.19. The van der Waals surface area contributed by atoms with E-state index in [1.165, 1.54) is 6.20 Å². The first-order valence-electron chi connectivity index (χ1n) is 4.63. The highest BCUT2D eigenvalue weighted by atomic mass is 19.3. The molecule has 84 valence electrons. The maximum Gasteiger partial charge on any atom is 0.272 e. The normalized spacial score (nSPS) is 11.9. The summed E-state index contributed by atoms with van der Waals surface area (Å²) < 4.78 is 28.3. The van der Waals surface area contributed by atoms with Gasteiger partial charge < -0.3 is 4.74 Å². The molecule has 0 aromatic carbocycles. The van der Waals surface area contributed by atoms with Gasteiger partial charge in [0.1, 0.15) is 0 Å².